The van der Waals surface area contributed by atoms with Crippen LogP contribution in [0.4, 0.5) is 0 Å². The Morgan fingerprint density at radius 1 is 1.00 bits per heavy atom. The molecule has 0 bridgehead atoms. The summed E-state index contributed by atoms with van der Waals surface area (Å²) in [6, 6.07) is 21.3. The lowest BCUT2D eigenvalue weighted by molar-refractivity contribution is -0.137. The summed E-state index contributed by atoms with van der Waals surface area (Å²) in [5.41, 5.74) is 3.01. The van der Waals surface area contributed by atoms with Crippen LogP contribution >= 0.6 is 11.6 Å². The monoisotopic (exact) mass is 409 g/mol. The molecule has 0 saturated heterocycles. The Balaban J connectivity index is 1.86. The molecule has 0 fully saturated rings. The highest BCUT2D eigenvalue weighted by Gasteiger charge is 2.21. The largest absolute Gasteiger partial charge is 0.496 e. The zero-order chi connectivity index (χ0) is 20.8. The second-order valence-corrected chi connectivity index (χ2v) is 6.89. The number of carbonyl (C=O) groups is 2. The SMILES string of the molecule is COc1ccc(Cl)cc1C(=O)NC(CC(=O)O)c1ccc(-c2ccccc2)cc1. The van der Waals surface area contributed by atoms with Gasteiger partial charge in [0.1, 0.15) is 5.75 Å². The lowest BCUT2D eigenvalue weighted by Crippen LogP contribution is -2.30. The quantitative estimate of drug-likeness (QED) is 0.578. The summed E-state index contributed by atoms with van der Waals surface area (Å²) in [5.74, 6) is -1.11. The Labute approximate surface area is 173 Å². The van der Waals surface area contributed by atoms with E-state index in [2.05, 4.69) is 5.32 Å². The predicted molar refractivity (Wildman–Crippen MR) is 112 cm³/mol. The first kappa shape index (κ1) is 20.4. The molecule has 3 aromatic carbocycles. The number of hydrogen-bond donors (Lipinski definition) is 2. The molecule has 0 spiro atoms. The van der Waals surface area contributed by atoms with E-state index in [0.717, 1.165) is 11.1 Å². The second kappa shape index (κ2) is 9.26. The van der Waals surface area contributed by atoms with Crippen LogP contribution in [0.5, 0.6) is 5.75 Å². The fourth-order valence-electron chi connectivity index (χ4n) is 3.06. The number of halogens is 1. The van der Waals surface area contributed by atoms with Crippen LogP contribution in [0, 0.1) is 0 Å². The van der Waals surface area contributed by atoms with Crippen LogP contribution in [0.1, 0.15) is 28.4 Å². The molecule has 0 saturated carbocycles. The summed E-state index contributed by atoms with van der Waals surface area (Å²) in [6.45, 7) is 0. The van der Waals surface area contributed by atoms with E-state index in [4.69, 9.17) is 16.3 Å². The molecule has 5 nitrogen and oxygen atoms in total. The van der Waals surface area contributed by atoms with Gasteiger partial charge in [-0.15, -0.1) is 0 Å². The molecule has 6 heteroatoms. The predicted octanol–water partition coefficient (Wildman–Crippen LogP) is 4.96. The van der Waals surface area contributed by atoms with Crippen LogP contribution in [0.3, 0.4) is 0 Å². The maximum absolute atomic E-state index is 12.8. The normalized spacial score (nSPS) is 11.5. The van der Waals surface area contributed by atoms with Gasteiger partial charge in [0.15, 0.2) is 0 Å². The first-order valence-corrected chi connectivity index (χ1v) is 9.37. The van der Waals surface area contributed by atoms with Crippen molar-refractivity contribution in [2.75, 3.05) is 7.11 Å². The number of carboxylic acids is 1. The summed E-state index contributed by atoms with van der Waals surface area (Å²) in [7, 11) is 1.46. The standard InChI is InChI=1S/C23H20ClNO4/c1-29-21-12-11-18(24)13-19(21)23(28)25-20(14-22(26)27)17-9-7-16(8-10-17)15-5-3-2-4-6-15/h2-13,20H,14H2,1H3,(H,25,28)(H,26,27). The first-order valence-electron chi connectivity index (χ1n) is 8.99. The molecular weight excluding hydrogens is 390 g/mol. The number of nitrogens with one attached hydrogen (secondary N) is 1. The third kappa shape index (κ3) is 5.15. The average Bonchev–Trinajstić information content (AvgIpc) is 2.73. The highest BCUT2D eigenvalue weighted by molar-refractivity contribution is 6.31. The van der Waals surface area contributed by atoms with Crippen LogP contribution in [-0.2, 0) is 4.79 Å². The van der Waals surface area contributed by atoms with Crippen LogP contribution in [0.2, 0.25) is 5.02 Å². The fourth-order valence-corrected chi connectivity index (χ4v) is 3.23. The van der Waals surface area contributed by atoms with Crippen LogP contribution in [-0.4, -0.2) is 24.1 Å². The van der Waals surface area contributed by atoms with Gasteiger partial charge in [0.05, 0.1) is 25.1 Å². The van der Waals surface area contributed by atoms with Gasteiger partial charge < -0.3 is 15.2 Å². The van der Waals surface area contributed by atoms with E-state index in [9.17, 15) is 14.7 Å². The van der Waals surface area contributed by atoms with Crippen molar-refractivity contribution in [2.45, 2.75) is 12.5 Å². The minimum atomic E-state index is -1.01. The van der Waals surface area contributed by atoms with Crippen molar-refractivity contribution in [2.24, 2.45) is 0 Å². The van der Waals surface area contributed by atoms with Crippen LogP contribution in [0.25, 0.3) is 11.1 Å². The van der Waals surface area contributed by atoms with Gasteiger partial charge in [-0.25, -0.2) is 0 Å². The number of hydrogen-bond acceptors (Lipinski definition) is 3. The summed E-state index contributed by atoms with van der Waals surface area (Å²) >= 11 is 6.00. The topological polar surface area (TPSA) is 75.6 Å². The zero-order valence-electron chi connectivity index (χ0n) is 15.8. The minimum absolute atomic E-state index is 0.247. The van der Waals surface area contributed by atoms with Gasteiger partial charge in [-0.05, 0) is 34.9 Å². The Kier molecular flexibility index (Phi) is 6.52. The number of benzene rings is 3. The second-order valence-electron chi connectivity index (χ2n) is 6.46. The lowest BCUT2D eigenvalue weighted by atomic mass is 9.98. The third-order valence-electron chi connectivity index (χ3n) is 4.51. The number of ether oxygens (including phenoxy) is 1. The van der Waals surface area contributed by atoms with Gasteiger partial charge >= 0.3 is 5.97 Å². The molecule has 3 aromatic rings. The van der Waals surface area contributed by atoms with E-state index in [0.29, 0.717) is 16.3 Å². The first-order chi connectivity index (χ1) is 14.0. The Bertz CT molecular complexity index is 1000. The molecule has 1 unspecified atom stereocenters. The summed E-state index contributed by atoms with van der Waals surface area (Å²) in [6.07, 6.45) is -0.251. The molecule has 148 valence electrons. The van der Waals surface area contributed by atoms with Gasteiger partial charge in [-0.1, -0.05) is 66.2 Å². The molecule has 0 aliphatic heterocycles. The molecule has 29 heavy (non-hydrogen) atoms. The maximum atomic E-state index is 12.8. The fraction of sp³-hybridized carbons (Fsp3) is 0.130. The smallest absolute Gasteiger partial charge is 0.305 e. The van der Waals surface area contributed by atoms with E-state index < -0.39 is 17.9 Å². The Morgan fingerprint density at radius 2 is 1.66 bits per heavy atom. The van der Waals surface area contributed by atoms with Crippen LogP contribution in [0.15, 0.2) is 72.8 Å². The highest BCUT2D eigenvalue weighted by Crippen LogP contribution is 2.26. The van der Waals surface area contributed by atoms with E-state index in [1.54, 1.807) is 12.1 Å². The number of aliphatic carboxylic acids is 1. The number of rotatable bonds is 7. The third-order valence-corrected chi connectivity index (χ3v) is 4.75. The van der Waals surface area contributed by atoms with E-state index >= 15 is 0 Å². The molecular formula is C23H20ClNO4. The van der Waals surface area contributed by atoms with E-state index in [1.807, 2.05) is 54.6 Å². The molecule has 0 aliphatic carbocycles. The molecule has 1 amide bonds. The van der Waals surface area contributed by atoms with E-state index in [1.165, 1.54) is 13.2 Å². The number of methoxy groups -OCH3 is 1. The molecule has 0 aromatic heterocycles. The van der Waals surface area contributed by atoms with Crippen molar-refractivity contribution in [3.63, 3.8) is 0 Å². The van der Waals surface area contributed by atoms with Crippen molar-refractivity contribution in [3.8, 4) is 16.9 Å². The summed E-state index contributed by atoms with van der Waals surface area (Å²) in [5, 5.41) is 12.5. The van der Waals surface area contributed by atoms with Gasteiger partial charge in [0, 0.05) is 5.02 Å². The van der Waals surface area contributed by atoms with Crippen molar-refractivity contribution in [3.05, 3.63) is 88.9 Å². The molecule has 1 atom stereocenters. The zero-order valence-corrected chi connectivity index (χ0v) is 16.5. The van der Waals surface area contributed by atoms with Crippen LogP contribution < -0.4 is 10.1 Å². The Hall–Kier alpha value is -3.31. The molecule has 3 rings (SSSR count). The number of amides is 1. The number of carboxylic acid groups (broad SMARTS) is 1. The van der Waals surface area contributed by atoms with Gasteiger partial charge in [0.25, 0.3) is 5.91 Å². The van der Waals surface area contributed by atoms with E-state index in [-0.39, 0.29) is 12.0 Å². The van der Waals surface area contributed by atoms with Crippen molar-refractivity contribution < 1.29 is 19.4 Å². The number of carbonyl (C=O) groups excluding carboxylic acids is 1. The average molecular weight is 410 g/mol. The molecule has 0 radical (unpaired) electrons. The van der Waals surface area contributed by atoms with Gasteiger partial charge in [-0.2, -0.15) is 0 Å². The Morgan fingerprint density at radius 3 is 2.28 bits per heavy atom. The van der Waals surface area contributed by atoms with Gasteiger partial charge in [-0.3, -0.25) is 9.59 Å². The van der Waals surface area contributed by atoms with Crippen molar-refractivity contribution >= 4 is 23.5 Å². The summed E-state index contributed by atoms with van der Waals surface area (Å²) in [4.78, 5) is 24.2. The molecule has 0 aliphatic rings. The minimum Gasteiger partial charge on any atom is -0.496 e. The maximum Gasteiger partial charge on any atom is 0.305 e. The van der Waals surface area contributed by atoms with Crippen molar-refractivity contribution in [1.82, 2.24) is 5.32 Å². The lowest BCUT2D eigenvalue weighted by Gasteiger charge is -2.19. The van der Waals surface area contributed by atoms with Crippen molar-refractivity contribution in [1.29, 1.82) is 0 Å². The van der Waals surface area contributed by atoms with Gasteiger partial charge in [0.2, 0.25) is 0 Å². The molecule has 0 heterocycles. The molecule has 2 N–H and O–H groups in total. The highest BCUT2D eigenvalue weighted by atomic mass is 35.5. The summed E-state index contributed by atoms with van der Waals surface area (Å²) < 4.78 is 5.22.